The average Bonchev–Trinajstić information content (AvgIpc) is 2.87. The minimum atomic E-state index is -3.89. The standard InChI is InChI=1S/C25H30N2O7S/c1-17(25(30)18-8-10-20(33-2)11-9-18)26-15-19(28)16-34-21-12-13-24(29)23(14-21)27-35(31,32)22-6-4-3-5-7-22/h3-14,17,19,25-30H,15-16H2,1-2H3/t17?,19-,25?/m0/s1. The van der Waals surface area contributed by atoms with Gasteiger partial charge in [-0.25, -0.2) is 8.42 Å². The van der Waals surface area contributed by atoms with E-state index in [1.165, 1.54) is 30.3 Å². The molecule has 3 atom stereocenters. The van der Waals surface area contributed by atoms with Crippen LogP contribution in [0.4, 0.5) is 5.69 Å². The van der Waals surface area contributed by atoms with E-state index in [4.69, 9.17) is 9.47 Å². The van der Waals surface area contributed by atoms with Gasteiger partial charge in [0.25, 0.3) is 10.0 Å². The summed E-state index contributed by atoms with van der Waals surface area (Å²) in [7, 11) is -2.32. The highest BCUT2D eigenvalue weighted by Gasteiger charge is 2.19. The topological polar surface area (TPSA) is 137 Å². The lowest BCUT2D eigenvalue weighted by Gasteiger charge is -2.22. The van der Waals surface area contributed by atoms with Gasteiger partial charge in [-0.3, -0.25) is 4.72 Å². The first-order valence-corrected chi connectivity index (χ1v) is 12.4. The summed E-state index contributed by atoms with van der Waals surface area (Å²) in [6, 6.07) is 18.6. The average molecular weight is 503 g/mol. The molecule has 0 bridgehead atoms. The molecule has 3 aromatic rings. The fraction of sp³-hybridized carbons (Fsp3) is 0.280. The SMILES string of the molecule is COc1ccc(C(O)C(C)NC[C@H](O)COc2ccc(O)c(NS(=O)(=O)c3ccccc3)c2)cc1. The molecule has 0 amide bonds. The highest BCUT2D eigenvalue weighted by atomic mass is 32.2. The lowest BCUT2D eigenvalue weighted by Crippen LogP contribution is -2.39. The summed E-state index contributed by atoms with van der Waals surface area (Å²) in [5, 5.41) is 33.9. The molecule has 0 fully saturated rings. The van der Waals surface area contributed by atoms with E-state index in [0.717, 1.165) is 0 Å². The Hall–Kier alpha value is -3.31. The van der Waals surface area contributed by atoms with Crippen LogP contribution >= 0.6 is 0 Å². The van der Waals surface area contributed by atoms with Crippen molar-refractivity contribution in [2.24, 2.45) is 0 Å². The van der Waals surface area contributed by atoms with Crippen LogP contribution < -0.4 is 19.5 Å². The molecule has 188 valence electrons. The van der Waals surface area contributed by atoms with Crippen LogP contribution in [0.1, 0.15) is 18.6 Å². The third-order valence-corrected chi connectivity index (χ3v) is 6.70. The maximum Gasteiger partial charge on any atom is 0.262 e. The van der Waals surface area contributed by atoms with Crippen LogP contribution in [0.25, 0.3) is 0 Å². The number of rotatable bonds is 12. The molecule has 0 radical (unpaired) electrons. The molecule has 0 aliphatic rings. The number of aliphatic hydroxyl groups is 2. The van der Waals surface area contributed by atoms with Gasteiger partial charge >= 0.3 is 0 Å². The number of aliphatic hydroxyl groups excluding tert-OH is 2. The van der Waals surface area contributed by atoms with Crippen LogP contribution in [0.2, 0.25) is 0 Å². The van der Waals surface area contributed by atoms with Crippen molar-refractivity contribution in [3.05, 3.63) is 78.4 Å². The number of sulfonamides is 1. The van der Waals surface area contributed by atoms with E-state index in [-0.39, 0.29) is 41.3 Å². The quantitative estimate of drug-likeness (QED) is 0.238. The van der Waals surface area contributed by atoms with E-state index in [9.17, 15) is 23.7 Å². The van der Waals surface area contributed by atoms with Gasteiger partial charge in [0.1, 0.15) is 30.0 Å². The van der Waals surface area contributed by atoms with Crippen LogP contribution in [0.5, 0.6) is 17.2 Å². The molecule has 0 heterocycles. The second-order valence-corrected chi connectivity index (χ2v) is 9.66. The van der Waals surface area contributed by atoms with E-state index in [0.29, 0.717) is 11.3 Å². The second kappa shape index (κ2) is 11.9. The van der Waals surface area contributed by atoms with Gasteiger partial charge in [0.15, 0.2) is 0 Å². The zero-order valence-electron chi connectivity index (χ0n) is 19.5. The van der Waals surface area contributed by atoms with Gasteiger partial charge in [0, 0.05) is 18.7 Å². The van der Waals surface area contributed by atoms with E-state index in [2.05, 4.69) is 10.0 Å². The highest BCUT2D eigenvalue weighted by Crippen LogP contribution is 2.30. The number of methoxy groups -OCH3 is 1. The minimum Gasteiger partial charge on any atom is -0.506 e. The van der Waals surface area contributed by atoms with Crippen LogP contribution in [0, 0.1) is 0 Å². The number of hydrogen-bond acceptors (Lipinski definition) is 8. The molecule has 9 nitrogen and oxygen atoms in total. The lowest BCUT2D eigenvalue weighted by molar-refractivity contribution is 0.0876. The van der Waals surface area contributed by atoms with Gasteiger partial charge < -0.3 is 30.1 Å². The molecule has 2 unspecified atom stereocenters. The number of nitrogens with one attached hydrogen (secondary N) is 2. The molecule has 35 heavy (non-hydrogen) atoms. The van der Waals surface area contributed by atoms with Crippen molar-refractivity contribution in [1.82, 2.24) is 5.32 Å². The molecule has 10 heteroatoms. The largest absolute Gasteiger partial charge is 0.506 e. The van der Waals surface area contributed by atoms with Crippen LogP contribution in [-0.4, -0.2) is 56.1 Å². The lowest BCUT2D eigenvalue weighted by atomic mass is 10.0. The van der Waals surface area contributed by atoms with Crippen LogP contribution in [0.15, 0.2) is 77.7 Å². The molecule has 0 aliphatic heterocycles. The molecule has 3 rings (SSSR count). The van der Waals surface area contributed by atoms with Crippen molar-refractivity contribution in [2.75, 3.05) is 25.0 Å². The Morgan fingerprint density at radius 3 is 2.26 bits per heavy atom. The van der Waals surface area contributed by atoms with Crippen LogP contribution in [-0.2, 0) is 10.0 Å². The number of phenolic OH excluding ortho intramolecular Hbond substituents is 1. The Morgan fingerprint density at radius 1 is 0.943 bits per heavy atom. The first kappa shape index (κ1) is 26.3. The number of phenols is 1. The zero-order valence-corrected chi connectivity index (χ0v) is 20.3. The number of aromatic hydroxyl groups is 1. The molecule has 0 aromatic heterocycles. The van der Waals surface area contributed by atoms with Crippen molar-refractivity contribution in [1.29, 1.82) is 0 Å². The first-order valence-electron chi connectivity index (χ1n) is 11.0. The predicted molar refractivity (Wildman–Crippen MR) is 132 cm³/mol. The highest BCUT2D eigenvalue weighted by molar-refractivity contribution is 7.92. The Morgan fingerprint density at radius 2 is 1.60 bits per heavy atom. The summed E-state index contributed by atoms with van der Waals surface area (Å²) in [6.45, 7) is 1.86. The summed E-state index contributed by atoms with van der Waals surface area (Å²) < 4.78 is 38.1. The smallest absolute Gasteiger partial charge is 0.262 e. The minimum absolute atomic E-state index is 0.0461. The van der Waals surface area contributed by atoms with Gasteiger partial charge in [-0.15, -0.1) is 0 Å². The van der Waals surface area contributed by atoms with Crippen molar-refractivity contribution < 1.29 is 33.2 Å². The van der Waals surface area contributed by atoms with Gasteiger partial charge in [-0.2, -0.15) is 0 Å². The maximum atomic E-state index is 12.5. The number of hydrogen-bond donors (Lipinski definition) is 5. The van der Waals surface area contributed by atoms with Crippen molar-refractivity contribution in [3.8, 4) is 17.2 Å². The summed E-state index contributed by atoms with van der Waals surface area (Å²) in [4.78, 5) is 0.0539. The van der Waals surface area contributed by atoms with E-state index >= 15 is 0 Å². The Labute approximate surface area is 205 Å². The summed E-state index contributed by atoms with van der Waals surface area (Å²) in [6.07, 6.45) is -1.69. The molecule has 3 aromatic carbocycles. The number of ether oxygens (including phenoxy) is 2. The number of anilines is 1. The predicted octanol–water partition coefficient (Wildman–Crippen LogP) is 2.65. The van der Waals surface area contributed by atoms with Crippen molar-refractivity contribution in [3.63, 3.8) is 0 Å². The van der Waals surface area contributed by atoms with Crippen LogP contribution in [0.3, 0.4) is 0 Å². The Balaban J connectivity index is 1.52. The molecule has 0 saturated carbocycles. The van der Waals surface area contributed by atoms with Crippen molar-refractivity contribution in [2.45, 2.75) is 30.1 Å². The molecule has 0 spiro atoms. The summed E-state index contributed by atoms with van der Waals surface area (Å²) >= 11 is 0. The number of benzene rings is 3. The molecular formula is C25H30N2O7S. The zero-order chi connectivity index (χ0) is 25.4. The third-order valence-electron chi connectivity index (χ3n) is 5.31. The normalized spacial score (nSPS) is 14.1. The van der Waals surface area contributed by atoms with E-state index in [1.807, 2.05) is 0 Å². The van der Waals surface area contributed by atoms with Gasteiger partial charge in [-0.1, -0.05) is 30.3 Å². The van der Waals surface area contributed by atoms with Gasteiger partial charge in [0.05, 0.1) is 23.8 Å². The molecule has 0 saturated heterocycles. The fourth-order valence-electron chi connectivity index (χ4n) is 3.26. The maximum absolute atomic E-state index is 12.5. The second-order valence-electron chi connectivity index (χ2n) is 7.98. The van der Waals surface area contributed by atoms with Gasteiger partial charge in [0.2, 0.25) is 0 Å². The molecule has 0 aliphatic carbocycles. The van der Waals surface area contributed by atoms with E-state index in [1.54, 1.807) is 56.5 Å². The third kappa shape index (κ3) is 7.33. The molecule has 5 N–H and O–H groups in total. The monoisotopic (exact) mass is 502 g/mol. The summed E-state index contributed by atoms with van der Waals surface area (Å²) in [5.74, 6) is 0.693. The Bertz CT molecular complexity index is 1190. The Kier molecular flexibility index (Phi) is 8.94. The van der Waals surface area contributed by atoms with Crippen molar-refractivity contribution >= 4 is 15.7 Å². The van der Waals surface area contributed by atoms with E-state index < -0.39 is 22.2 Å². The summed E-state index contributed by atoms with van der Waals surface area (Å²) in [5.41, 5.74) is 0.668. The molecular weight excluding hydrogens is 472 g/mol. The van der Waals surface area contributed by atoms with Gasteiger partial charge in [-0.05, 0) is 48.9 Å². The first-order chi connectivity index (χ1) is 16.7. The fourth-order valence-corrected chi connectivity index (χ4v) is 4.35.